The number of hydrogen-bond donors (Lipinski definition) is 1. The Labute approximate surface area is 117 Å². The Morgan fingerprint density at radius 1 is 1.40 bits per heavy atom. The maximum atomic E-state index is 11.7. The van der Waals surface area contributed by atoms with Crippen molar-refractivity contribution in [1.29, 1.82) is 0 Å². The number of rotatable bonds is 2. The van der Waals surface area contributed by atoms with Crippen molar-refractivity contribution in [2.24, 2.45) is 0 Å². The van der Waals surface area contributed by atoms with Crippen LogP contribution in [0, 0.1) is 13.8 Å². The summed E-state index contributed by atoms with van der Waals surface area (Å²) in [7, 11) is -2.94. The molecule has 0 bridgehead atoms. The van der Waals surface area contributed by atoms with Crippen LogP contribution in [0.4, 0.5) is 0 Å². The number of aryl methyl sites for hydroxylation is 2. The summed E-state index contributed by atoms with van der Waals surface area (Å²) >= 11 is 0. The largest absolute Gasteiger partial charge is 0.312 e. The Hall–Kier alpha value is -1.54. The molecule has 1 N–H and O–H groups in total. The van der Waals surface area contributed by atoms with Crippen LogP contribution >= 0.6 is 0 Å². The predicted octanol–water partition coefficient (Wildman–Crippen LogP) is -0.330. The van der Waals surface area contributed by atoms with Gasteiger partial charge in [-0.25, -0.2) is 13.4 Å². The lowest BCUT2D eigenvalue weighted by Crippen LogP contribution is -2.46. The molecule has 1 fully saturated rings. The normalized spacial score (nSPS) is 22.2. The fourth-order valence-electron chi connectivity index (χ4n) is 2.65. The van der Waals surface area contributed by atoms with Gasteiger partial charge in [-0.1, -0.05) is 0 Å². The van der Waals surface area contributed by atoms with Crippen molar-refractivity contribution in [3.8, 4) is 0 Å². The standard InChI is InChI=1S/C12H17N5O2S/c1-8-5-11-15-16-12(17(11)9(2)14-8)6-10-7-20(18,19)4-3-13-10/h5,10,13H,3-4,6-7H2,1-2H3. The molecular formula is C12H17N5O2S. The molecule has 0 amide bonds. The molecule has 7 nitrogen and oxygen atoms in total. The molecule has 1 saturated heterocycles. The van der Waals surface area contributed by atoms with Gasteiger partial charge in [0.15, 0.2) is 15.5 Å². The van der Waals surface area contributed by atoms with E-state index in [1.54, 1.807) is 0 Å². The topological polar surface area (TPSA) is 89.2 Å². The Morgan fingerprint density at radius 2 is 2.20 bits per heavy atom. The smallest absolute Gasteiger partial charge is 0.164 e. The fraction of sp³-hybridized carbons (Fsp3) is 0.583. The van der Waals surface area contributed by atoms with Gasteiger partial charge in [-0.2, -0.15) is 0 Å². The van der Waals surface area contributed by atoms with E-state index in [-0.39, 0.29) is 17.5 Å². The Balaban J connectivity index is 1.92. The van der Waals surface area contributed by atoms with E-state index >= 15 is 0 Å². The molecule has 0 aliphatic carbocycles. The van der Waals surface area contributed by atoms with Crippen molar-refractivity contribution >= 4 is 15.5 Å². The molecular weight excluding hydrogens is 278 g/mol. The second-order valence-electron chi connectivity index (χ2n) is 5.22. The first-order valence-electron chi connectivity index (χ1n) is 6.57. The molecule has 1 unspecified atom stereocenters. The zero-order valence-corrected chi connectivity index (χ0v) is 12.3. The number of nitrogens with one attached hydrogen (secondary N) is 1. The summed E-state index contributed by atoms with van der Waals surface area (Å²) in [6, 6.07) is 1.76. The van der Waals surface area contributed by atoms with Gasteiger partial charge in [-0.15, -0.1) is 10.2 Å². The minimum atomic E-state index is -2.94. The molecule has 2 aromatic rings. The minimum Gasteiger partial charge on any atom is -0.312 e. The van der Waals surface area contributed by atoms with Crippen molar-refractivity contribution in [3.63, 3.8) is 0 Å². The molecule has 20 heavy (non-hydrogen) atoms. The summed E-state index contributed by atoms with van der Waals surface area (Å²) in [6.45, 7) is 4.31. The SMILES string of the molecule is Cc1cc2nnc(CC3CS(=O)(=O)CCN3)n2c(C)n1. The van der Waals surface area contributed by atoms with Gasteiger partial charge in [0.05, 0.1) is 11.5 Å². The molecule has 0 spiro atoms. The first-order valence-corrected chi connectivity index (χ1v) is 8.39. The van der Waals surface area contributed by atoms with Crippen molar-refractivity contribution < 1.29 is 8.42 Å². The van der Waals surface area contributed by atoms with Crippen molar-refractivity contribution in [2.75, 3.05) is 18.1 Å². The predicted molar refractivity (Wildman–Crippen MR) is 74.4 cm³/mol. The zero-order valence-electron chi connectivity index (χ0n) is 11.5. The van der Waals surface area contributed by atoms with Gasteiger partial charge < -0.3 is 5.32 Å². The van der Waals surface area contributed by atoms with E-state index in [9.17, 15) is 8.42 Å². The summed E-state index contributed by atoms with van der Waals surface area (Å²) in [4.78, 5) is 4.40. The van der Waals surface area contributed by atoms with E-state index in [2.05, 4.69) is 20.5 Å². The van der Waals surface area contributed by atoms with E-state index in [0.29, 0.717) is 13.0 Å². The first-order chi connectivity index (χ1) is 9.44. The van der Waals surface area contributed by atoms with Crippen LogP contribution in [0.2, 0.25) is 0 Å². The van der Waals surface area contributed by atoms with Gasteiger partial charge in [0, 0.05) is 30.8 Å². The van der Waals surface area contributed by atoms with Gasteiger partial charge >= 0.3 is 0 Å². The van der Waals surface area contributed by atoms with Gasteiger partial charge in [0.2, 0.25) is 0 Å². The molecule has 3 rings (SSSR count). The van der Waals surface area contributed by atoms with Crippen LogP contribution in [0.25, 0.3) is 5.65 Å². The number of sulfone groups is 1. The summed E-state index contributed by atoms with van der Waals surface area (Å²) in [6.07, 6.45) is 0.534. The summed E-state index contributed by atoms with van der Waals surface area (Å²) in [5, 5.41) is 11.5. The summed E-state index contributed by atoms with van der Waals surface area (Å²) < 4.78 is 25.2. The summed E-state index contributed by atoms with van der Waals surface area (Å²) in [5.74, 6) is 1.93. The van der Waals surface area contributed by atoms with Crippen molar-refractivity contribution in [2.45, 2.75) is 26.3 Å². The fourth-order valence-corrected chi connectivity index (χ4v) is 4.10. The van der Waals surface area contributed by atoms with Gasteiger partial charge in [-0.3, -0.25) is 4.40 Å². The van der Waals surface area contributed by atoms with Gasteiger partial charge in [-0.05, 0) is 13.8 Å². The average molecular weight is 295 g/mol. The third kappa shape index (κ3) is 2.53. The average Bonchev–Trinajstić information content (AvgIpc) is 2.70. The maximum absolute atomic E-state index is 11.7. The van der Waals surface area contributed by atoms with Crippen LogP contribution in [-0.4, -0.2) is 52.1 Å². The van der Waals surface area contributed by atoms with Crippen LogP contribution in [-0.2, 0) is 16.3 Å². The number of aromatic nitrogens is 4. The van der Waals surface area contributed by atoms with Crippen LogP contribution < -0.4 is 5.32 Å². The monoisotopic (exact) mass is 295 g/mol. The first kappa shape index (κ1) is 13.4. The Morgan fingerprint density at radius 3 is 2.95 bits per heavy atom. The van der Waals surface area contributed by atoms with Crippen LogP contribution in [0.15, 0.2) is 6.07 Å². The molecule has 0 radical (unpaired) electrons. The van der Waals surface area contributed by atoms with Crippen LogP contribution in [0.5, 0.6) is 0 Å². The van der Waals surface area contributed by atoms with Crippen LogP contribution in [0.3, 0.4) is 0 Å². The number of hydrogen-bond acceptors (Lipinski definition) is 6. The van der Waals surface area contributed by atoms with E-state index < -0.39 is 9.84 Å². The Bertz CT molecular complexity index is 753. The lowest BCUT2D eigenvalue weighted by molar-refractivity contribution is 0.507. The van der Waals surface area contributed by atoms with E-state index in [4.69, 9.17) is 0 Å². The number of nitrogens with zero attached hydrogens (tertiary/aromatic N) is 4. The zero-order chi connectivity index (χ0) is 14.3. The minimum absolute atomic E-state index is 0.109. The molecule has 1 aliphatic rings. The summed E-state index contributed by atoms with van der Waals surface area (Å²) in [5.41, 5.74) is 1.65. The quantitative estimate of drug-likeness (QED) is 0.816. The molecule has 3 heterocycles. The van der Waals surface area contributed by atoms with Crippen LogP contribution in [0.1, 0.15) is 17.3 Å². The highest BCUT2D eigenvalue weighted by Crippen LogP contribution is 2.12. The third-order valence-corrected chi connectivity index (χ3v) is 5.22. The van der Waals surface area contributed by atoms with E-state index in [0.717, 1.165) is 23.0 Å². The molecule has 1 aliphatic heterocycles. The lowest BCUT2D eigenvalue weighted by atomic mass is 10.2. The van der Waals surface area contributed by atoms with Gasteiger partial charge in [0.25, 0.3) is 0 Å². The molecule has 2 aromatic heterocycles. The molecule has 8 heteroatoms. The molecule has 1 atom stereocenters. The highest BCUT2D eigenvalue weighted by molar-refractivity contribution is 7.91. The van der Waals surface area contributed by atoms with Gasteiger partial charge in [0.1, 0.15) is 11.6 Å². The molecule has 0 saturated carbocycles. The van der Waals surface area contributed by atoms with Crippen molar-refractivity contribution in [1.82, 2.24) is 24.9 Å². The van der Waals surface area contributed by atoms with E-state index in [1.165, 1.54) is 0 Å². The Kier molecular flexibility index (Phi) is 3.21. The van der Waals surface area contributed by atoms with E-state index in [1.807, 2.05) is 24.3 Å². The second kappa shape index (κ2) is 4.78. The third-order valence-electron chi connectivity index (χ3n) is 3.49. The highest BCUT2D eigenvalue weighted by atomic mass is 32.2. The second-order valence-corrected chi connectivity index (χ2v) is 7.45. The molecule has 108 valence electrons. The lowest BCUT2D eigenvalue weighted by Gasteiger charge is -2.22. The maximum Gasteiger partial charge on any atom is 0.164 e. The highest BCUT2D eigenvalue weighted by Gasteiger charge is 2.26. The number of fused-ring (bicyclic) bond motifs is 1. The van der Waals surface area contributed by atoms with Crippen molar-refractivity contribution in [3.05, 3.63) is 23.4 Å². The molecule has 0 aromatic carbocycles.